The molecule has 2 atom stereocenters. The van der Waals surface area contributed by atoms with Crippen LogP contribution < -0.4 is 25.8 Å². The van der Waals surface area contributed by atoms with Gasteiger partial charge in [0.1, 0.15) is 0 Å². The smallest absolute Gasteiger partial charge is 0.261 e. The molecule has 0 aromatic heterocycles. The third-order valence-electron chi connectivity index (χ3n) is 4.93. The minimum absolute atomic E-state index is 0.0454. The van der Waals surface area contributed by atoms with Crippen molar-refractivity contribution in [2.24, 2.45) is 16.6 Å². The fourth-order valence-corrected chi connectivity index (χ4v) is 3.13. The van der Waals surface area contributed by atoms with E-state index in [0.29, 0.717) is 36.8 Å². The SMILES string of the molecule is COc1ccc([C@H]2C[C@@H]2C(=O)NCCCCNC(N)=NCC=C(C)C)cc1OC.CS(=O)(=O)O. The molecule has 34 heavy (non-hydrogen) atoms. The molecule has 1 aliphatic carbocycles. The first-order valence-corrected chi connectivity index (χ1v) is 12.9. The van der Waals surface area contributed by atoms with E-state index in [1.807, 2.05) is 38.1 Å². The van der Waals surface area contributed by atoms with Crippen molar-refractivity contribution in [3.63, 3.8) is 0 Å². The second kappa shape index (κ2) is 14.5. The van der Waals surface area contributed by atoms with Gasteiger partial charge in [0.25, 0.3) is 10.1 Å². The lowest BCUT2D eigenvalue weighted by Gasteiger charge is -2.10. The molecule has 5 N–H and O–H groups in total. The summed E-state index contributed by atoms with van der Waals surface area (Å²) in [5.74, 6) is 2.29. The highest BCUT2D eigenvalue weighted by atomic mass is 32.2. The van der Waals surface area contributed by atoms with Crippen molar-refractivity contribution in [2.45, 2.75) is 39.0 Å². The molecule has 1 aliphatic rings. The topological polar surface area (TPSA) is 152 Å². The van der Waals surface area contributed by atoms with Crippen molar-refractivity contribution >= 4 is 22.0 Å². The molecule has 1 amide bonds. The van der Waals surface area contributed by atoms with Crippen LogP contribution in [-0.4, -0.2) is 64.9 Å². The molecular weight excluding hydrogens is 460 g/mol. The molecule has 0 unspecified atom stereocenters. The highest BCUT2D eigenvalue weighted by Crippen LogP contribution is 2.49. The number of unbranched alkanes of at least 4 members (excludes halogenated alkanes) is 1. The number of hydrogen-bond donors (Lipinski definition) is 4. The number of nitrogens with zero attached hydrogens (tertiary/aromatic N) is 1. The number of hydrogen-bond acceptors (Lipinski definition) is 6. The summed E-state index contributed by atoms with van der Waals surface area (Å²) in [6, 6.07) is 5.86. The third-order valence-corrected chi connectivity index (χ3v) is 4.93. The van der Waals surface area contributed by atoms with Crippen LogP contribution in [0.15, 0.2) is 34.8 Å². The van der Waals surface area contributed by atoms with Crippen LogP contribution in [0.5, 0.6) is 11.5 Å². The number of methoxy groups -OCH3 is 2. The number of guanidine groups is 1. The van der Waals surface area contributed by atoms with Gasteiger partial charge in [-0.1, -0.05) is 17.7 Å². The van der Waals surface area contributed by atoms with Gasteiger partial charge in [-0.15, -0.1) is 0 Å². The number of benzene rings is 1. The molecule has 0 radical (unpaired) electrons. The van der Waals surface area contributed by atoms with E-state index in [0.717, 1.165) is 31.4 Å². The van der Waals surface area contributed by atoms with E-state index in [1.54, 1.807) is 14.2 Å². The van der Waals surface area contributed by atoms with Gasteiger partial charge in [0.05, 0.1) is 27.0 Å². The second-order valence-electron chi connectivity index (χ2n) is 8.23. The summed E-state index contributed by atoms with van der Waals surface area (Å²) in [5.41, 5.74) is 8.15. The number of nitrogens with two attached hydrogens (primary N) is 1. The van der Waals surface area contributed by atoms with Gasteiger partial charge in [-0.05, 0) is 56.7 Å². The average Bonchev–Trinajstić information content (AvgIpc) is 3.55. The van der Waals surface area contributed by atoms with Gasteiger partial charge < -0.3 is 25.8 Å². The molecule has 1 aromatic carbocycles. The first-order valence-electron chi connectivity index (χ1n) is 11.1. The molecule has 0 spiro atoms. The number of rotatable bonds is 11. The fourth-order valence-electron chi connectivity index (χ4n) is 3.13. The Morgan fingerprint density at radius 2 is 1.76 bits per heavy atom. The lowest BCUT2D eigenvalue weighted by Crippen LogP contribution is -2.33. The predicted molar refractivity (Wildman–Crippen MR) is 134 cm³/mol. The van der Waals surface area contributed by atoms with Crippen LogP contribution in [-0.2, 0) is 14.9 Å². The number of aliphatic imine (C=N–C) groups is 1. The van der Waals surface area contributed by atoms with Crippen LogP contribution in [0.1, 0.15) is 44.6 Å². The van der Waals surface area contributed by atoms with Crippen LogP contribution in [0.2, 0.25) is 0 Å². The van der Waals surface area contributed by atoms with E-state index in [-0.39, 0.29) is 17.7 Å². The summed E-state index contributed by atoms with van der Waals surface area (Å²) < 4.78 is 36.5. The van der Waals surface area contributed by atoms with E-state index in [4.69, 9.17) is 19.8 Å². The molecule has 11 heteroatoms. The Kier molecular flexibility index (Phi) is 12.4. The summed E-state index contributed by atoms with van der Waals surface area (Å²) >= 11 is 0. The number of carbonyl (C=O) groups is 1. The Morgan fingerprint density at radius 3 is 2.32 bits per heavy atom. The summed E-state index contributed by atoms with van der Waals surface area (Å²) in [5, 5.41) is 6.13. The summed E-state index contributed by atoms with van der Waals surface area (Å²) in [7, 11) is -0.428. The Hall–Kier alpha value is -2.79. The quantitative estimate of drug-likeness (QED) is 0.119. The maximum Gasteiger partial charge on any atom is 0.261 e. The van der Waals surface area contributed by atoms with Crippen LogP contribution in [0, 0.1) is 5.92 Å². The minimum Gasteiger partial charge on any atom is -0.493 e. The maximum absolute atomic E-state index is 12.4. The molecule has 0 aliphatic heterocycles. The fraction of sp³-hybridized carbons (Fsp3) is 0.565. The standard InChI is InChI=1S/C22H34N4O3.CH4O3S/c1-15(2)9-12-26-22(23)25-11-6-5-10-24-21(27)18-14-17(18)16-7-8-19(28-3)20(13-16)29-4;1-5(2,3)4/h7-9,13,17-18H,5-6,10-12,14H2,1-4H3,(H,24,27)(H3,23,25,26);1H3,(H,2,3,4)/t17-,18+;/m1./s1. The Labute approximate surface area is 202 Å². The van der Waals surface area contributed by atoms with Crippen molar-refractivity contribution in [3.8, 4) is 11.5 Å². The molecule has 1 aromatic rings. The lowest BCUT2D eigenvalue weighted by atomic mass is 10.1. The zero-order valence-electron chi connectivity index (χ0n) is 20.6. The van der Waals surface area contributed by atoms with E-state index in [1.165, 1.54) is 5.57 Å². The zero-order valence-corrected chi connectivity index (χ0v) is 21.4. The average molecular weight is 499 g/mol. The summed E-state index contributed by atoms with van der Waals surface area (Å²) in [6.45, 7) is 6.08. The van der Waals surface area contributed by atoms with E-state index >= 15 is 0 Å². The summed E-state index contributed by atoms with van der Waals surface area (Å²) in [6.07, 6.45) is 5.43. The lowest BCUT2D eigenvalue weighted by molar-refractivity contribution is -0.122. The number of carbonyl (C=O) groups excluding carboxylic acids is 1. The van der Waals surface area contributed by atoms with Gasteiger partial charge in [0.2, 0.25) is 5.91 Å². The normalized spacial score (nSPS) is 17.1. The van der Waals surface area contributed by atoms with Gasteiger partial charge in [-0.2, -0.15) is 8.42 Å². The highest BCUT2D eigenvalue weighted by Gasteiger charge is 2.44. The Bertz CT molecular complexity index is 950. The summed E-state index contributed by atoms with van der Waals surface area (Å²) in [4.78, 5) is 16.6. The minimum atomic E-state index is -3.67. The Morgan fingerprint density at radius 1 is 1.18 bits per heavy atom. The molecule has 0 saturated heterocycles. The van der Waals surface area contributed by atoms with E-state index in [2.05, 4.69) is 15.6 Å². The molecular formula is C23H38N4O6S. The number of allylic oxidation sites excluding steroid dienone is 1. The van der Waals surface area contributed by atoms with Crippen molar-refractivity contribution in [2.75, 3.05) is 40.1 Å². The predicted octanol–water partition coefficient (Wildman–Crippen LogP) is 2.08. The van der Waals surface area contributed by atoms with Crippen LogP contribution >= 0.6 is 0 Å². The van der Waals surface area contributed by atoms with Crippen molar-refractivity contribution in [3.05, 3.63) is 35.4 Å². The van der Waals surface area contributed by atoms with Crippen molar-refractivity contribution < 1.29 is 27.2 Å². The molecule has 1 fully saturated rings. The van der Waals surface area contributed by atoms with Crippen LogP contribution in [0.25, 0.3) is 0 Å². The zero-order chi connectivity index (χ0) is 25.7. The van der Waals surface area contributed by atoms with Gasteiger partial charge in [0, 0.05) is 19.0 Å². The molecule has 192 valence electrons. The van der Waals surface area contributed by atoms with Gasteiger partial charge >= 0.3 is 0 Å². The monoisotopic (exact) mass is 498 g/mol. The van der Waals surface area contributed by atoms with Crippen LogP contribution in [0.4, 0.5) is 0 Å². The van der Waals surface area contributed by atoms with Gasteiger partial charge in [0.15, 0.2) is 17.5 Å². The van der Waals surface area contributed by atoms with Gasteiger partial charge in [-0.3, -0.25) is 9.35 Å². The molecule has 10 nitrogen and oxygen atoms in total. The molecule has 1 saturated carbocycles. The number of amides is 1. The van der Waals surface area contributed by atoms with E-state index < -0.39 is 10.1 Å². The second-order valence-corrected chi connectivity index (χ2v) is 9.69. The van der Waals surface area contributed by atoms with Crippen molar-refractivity contribution in [1.29, 1.82) is 0 Å². The first kappa shape index (κ1) is 29.2. The first-order chi connectivity index (χ1) is 16.0. The molecule has 0 heterocycles. The Balaban J connectivity index is 0.00000104. The van der Waals surface area contributed by atoms with Gasteiger partial charge in [-0.25, -0.2) is 4.99 Å². The number of ether oxygens (including phenoxy) is 2. The maximum atomic E-state index is 12.4. The van der Waals surface area contributed by atoms with E-state index in [9.17, 15) is 13.2 Å². The third kappa shape index (κ3) is 12.4. The highest BCUT2D eigenvalue weighted by molar-refractivity contribution is 7.85. The largest absolute Gasteiger partial charge is 0.493 e. The van der Waals surface area contributed by atoms with Crippen molar-refractivity contribution in [1.82, 2.24) is 10.6 Å². The van der Waals surface area contributed by atoms with Crippen LogP contribution in [0.3, 0.4) is 0 Å². The molecule has 0 bridgehead atoms. The number of nitrogens with one attached hydrogen (secondary N) is 2. The molecule has 2 rings (SSSR count).